The Morgan fingerprint density at radius 3 is 2.22 bits per heavy atom. The lowest BCUT2D eigenvalue weighted by Crippen LogP contribution is -2.45. The minimum absolute atomic E-state index is 0.119. The summed E-state index contributed by atoms with van der Waals surface area (Å²) in [5.41, 5.74) is 2.02. The van der Waals surface area contributed by atoms with Crippen molar-refractivity contribution in [3.8, 4) is 0 Å². The number of primary sulfonamides is 1. The van der Waals surface area contributed by atoms with Crippen LogP contribution in [0.3, 0.4) is 0 Å². The van der Waals surface area contributed by atoms with Crippen LogP contribution in [0.2, 0.25) is 0 Å². The molecule has 2 aromatic rings. The third-order valence-corrected chi connectivity index (χ3v) is 5.70. The highest BCUT2D eigenvalue weighted by Crippen LogP contribution is 2.19. The summed E-state index contributed by atoms with van der Waals surface area (Å²) in [6.45, 7) is 6.34. The summed E-state index contributed by atoms with van der Waals surface area (Å²) < 4.78 is 28.3. The highest BCUT2D eigenvalue weighted by atomic mass is 32.2. The van der Waals surface area contributed by atoms with Crippen molar-refractivity contribution in [3.63, 3.8) is 0 Å². The molecular formula is C22H27N3O6S. The van der Waals surface area contributed by atoms with Gasteiger partial charge < -0.3 is 15.4 Å². The normalized spacial score (nSPS) is 12.2. The molecule has 1 atom stereocenters. The molecule has 2 amide bonds. The SMILES string of the molecule is Cc1ccc(C(=O)N[C@H](C(=O)OCC(=O)Nc2ccc(C)c(S(N)(=O)=O)c2)C(C)C)cc1. The molecule has 2 aromatic carbocycles. The smallest absolute Gasteiger partial charge is 0.329 e. The molecule has 0 unspecified atom stereocenters. The van der Waals surface area contributed by atoms with E-state index in [1.807, 2.05) is 6.92 Å². The fraction of sp³-hybridized carbons (Fsp3) is 0.318. The zero-order valence-electron chi connectivity index (χ0n) is 18.3. The third-order valence-electron chi connectivity index (χ3n) is 4.64. The lowest BCUT2D eigenvalue weighted by atomic mass is 10.0. The number of hydrogen-bond acceptors (Lipinski definition) is 6. The molecule has 0 fully saturated rings. The Morgan fingerprint density at radius 1 is 1.03 bits per heavy atom. The number of aryl methyl sites for hydroxylation is 2. The maximum absolute atomic E-state index is 12.5. The summed E-state index contributed by atoms with van der Waals surface area (Å²) in [6.07, 6.45) is 0. The largest absolute Gasteiger partial charge is 0.454 e. The first-order chi connectivity index (χ1) is 14.9. The molecule has 0 aromatic heterocycles. The number of esters is 1. The van der Waals surface area contributed by atoms with E-state index in [0.29, 0.717) is 11.1 Å². The number of amides is 2. The van der Waals surface area contributed by atoms with Crippen molar-refractivity contribution in [1.82, 2.24) is 5.32 Å². The molecule has 9 nitrogen and oxygen atoms in total. The Morgan fingerprint density at radius 2 is 1.66 bits per heavy atom. The van der Waals surface area contributed by atoms with Gasteiger partial charge in [-0.05, 0) is 49.6 Å². The van der Waals surface area contributed by atoms with Crippen LogP contribution in [0.4, 0.5) is 5.69 Å². The fourth-order valence-electron chi connectivity index (χ4n) is 2.84. The van der Waals surface area contributed by atoms with Gasteiger partial charge in [0.05, 0.1) is 4.90 Å². The van der Waals surface area contributed by atoms with Crippen molar-refractivity contribution >= 4 is 33.5 Å². The van der Waals surface area contributed by atoms with Gasteiger partial charge in [-0.2, -0.15) is 0 Å². The van der Waals surface area contributed by atoms with E-state index in [-0.39, 0.29) is 16.5 Å². The van der Waals surface area contributed by atoms with Gasteiger partial charge in [-0.25, -0.2) is 18.4 Å². The molecule has 0 bridgehead atoms. The number of sulfonamides is 1. The average molecular weight is 462 g/mol. The van der Waals surface area contributed by atoms with Crippen LogP contribution < -0.4 is 15.8 Å². The van der Waals surface area contributed by atoms with E-state index in [9.17, 15) is 22.8 Å². The lowest BCUT2D eigenvalue weighted by Gasteiger charge is -2.21. The van der Waals surface area contributed by atoms with E-state index in [2.05, 4.69) is 10.6 Å². The highest BCUT2D eigenvalue weighted by molar-refractivity contribution is 7.89. The van der Waals surface area contributed by atoms with Gasteiger partial charge in [0.1, 0.15) is 6.04 Å². The van der Waals surface area contributed by atoms with Crippen molar-refractivity contribution in [2.24, 2.45) is 11.1 Å². The van der Waals surface area contributed by atoms with Gasteiger partial charge >= 0.3 is 5.97 Å². The molecule has 0 spiro atoms. The highest BCUT2D eigenvalue weighted by Gasteiger charge is 2.27. The van der Waals surface area contributed by atoms with E-state index in [1.54, 1.807) is 45.0 Å². The molecule has 10 heteroatoms. The van der Waals surface area contributed by atoms with Crippen molar-refractivity contribution < 1.29 is 27.5 Å². The Hall–Kier alpha value is -3.24. The monoisotopic (exact) mass is 461 g/mol. The summed E-state index contributed by atoms with van der Waals surface area (Å²) in [4.78, 5) is 37.0. The summed E-state index contributed by atoms with van der Waals surface area (Å²) in [5, 5.41) is 10.2. The quantitative estimate of drug-likeness (QED) is 0.512. The predicted octanol–water partition coefficient (Wildman–Crippen LogP) is 1.89. The van der Waals surface area contributed by atoms with Crippen LogP contribution in [0.25, 0.3) is 0 Å². The van der Waals surface area contributed by atoms with Gasteiger partial charge in [-0.3, -0.25) is 9.59 Å². The molecule has 172 valence electrons. The molecular weight excluding hydrogens is 434 g/mol. The summed E-state index contributed by atoms with van der Waals surface area (Å²) in [6, 6.07) is 10.1. The summed E-state index contributed by atoms with van der Waals surface area (Å²) in [7, 11) is -3.95. The molecule has 0 radical (unpaired) electrons. The molecule has 0 saturated heterocycles. The Kier molecular flexibility index (Phi) is 8.12. The van der Waals surface area contributed by atoms with E-state index in [0.717, 1.165) is 5.56 Å². The lowest BCUT2D eigenvalue weighted by molar-refractivity contribution is -0.150. The van der Waals surface area contributed by atoms with Crippen LogP contribution in [-0.2, 0) is 24.3 Å². The van der Waals surface area contributed by atoms with Gasteiger partial charge in [0.15, 0.2) is 6.61 Å². The number of carbonyl (C=O) groups excluding carboxylic acids is 3. The first kappa shape index (κ1) is 25.0. The maximum atomic E-state index is 12.5. The Balaban J connectivity index is 1.99. The molecule has 32 heavy (non-hydrogen) atoms. The summed E-state index contributed by atoms with van der Waals surface area (Å²) >= 11 is 0. The zero-order chi connectivity index (χ0) is 24.1. The number of carbonyl (C=O) groups is 3. The van der Waals surface area contributed by atoms with Crippen LogP contribution >= 0.6 is 0 Å². The minimum atomic E-state index is -3.95. The minimum Gasteiger partial charge on any atom is -0.454 e. The molecule has 0 saturated carbocycles. The third kappa shape index (κ3) is 6.89. The molecule has 0 aliphatic heterocycles. The van der Waals surface area contributed by atoms with Gasteiger partial charge in [0, 0.05) is 11.3 Å². The molecule has 2 rings (SSSR count). The van der Waals surface area contributed by atoms with Crippen molar-refractivity contribution in [3.05, 3.63) is 59.2 Å². The number of nitrogens with one attached hydrogen (secondary N) is 2. The van der Waals surface area contributed by atoms with E-state index < -0.39 is 40.5 Å². The maximum Gasteiger partial charge on any atom is 0.329 e. The summed E-state index contributed by atoms with van der Waals surface area (Å²) in [5.74, 6) is -2.14. The van der Waals surface area contributed by atoms with Crippen LogP contribution in [0, 0.1) is 19.8 Å². The Labute approximate surface area is 187 Å². The standard InChI is InChI=1S/C22H27N3O6S/c1-13(2)20(25-21(27)16-8-5-14(3)6-9-16)22(28)31-12-19(26)24-17-10-7-15(4)18(11-17)32(23,29)30/h5-11,13,20H,12H2,1-4H3,(H,24,26)(H,25,27)(H2,23,29,30)/t20-/m0/s1. The van der Waals surface area contributed by atoms with Crippen LogP contribution in [0.1, 0.15) is 35.3 Å². The van der Waals surface area contributed by atoms with Crippen LogP contribution in [0.5, 0.6) is 0 Å². The van der Waals surface area contributed by atoms with Gasteiger partial charge in [0.25, 0.3) is 11.8 Å². The first-order valence-corrected chi connectivity index (χ1v) is 11.4. The number of benzene rings is 2. The van der Waals surface area contributed by atoms with Gasteiger partial charge in [0.2, 0.25) is 10.0 Å². The second-order valence-electron chi connectivity index (χ2n) is 7.74. The van der Waals surface area contributed by atoms with Crippen molar-refractivity contribution in [2.45, 2.75) is 38.6 Å². The number of nitrogens with two attached hydrogens (primary N) is 1. The van der Waals surface area contributed by atoms with E-state index in [4.69, 9.17) is 9.88 Å². The number of anilines is 1. The van der Waals surface area contributed by atoms with Gasteiger partial charge in [-0.1, -0.05) is 37.6 Å². The first-order valence-electron chi connectivity index (χ1n) is 9.86. The average Bonchev–Trinajstić information content (AvgIpc) is 2.71. The van der Waals surface area contributed by atoms with E-state index in [1.165, 1.54) is 18.2 Å². The second kappa shape index (κ2) is 10.4. The topological polar surface area (TPSA) is 145 Å². The molecule has 0 aliphatic rings. The van der Waals surface area contributed by atoms with Crippen LogP contribution in [-0.4, -0.2) is 38.9 Å². The second-order valence-corrected chi connectivity index (χ2v) is 9.27. The molecule has 0 heterocycles. The number of ether oxygens (including phenoxy) is 1. The zero-order valence-corrected chi connectivity index (χ0v) is 19.2. The molecule has 4 N–H and O–H groups in total. The van der Waals surface area contributed by atoms with Crippen molar-refractivity contribution in [1.29, 1.82) is 0 Å². The van der Waals surface area contributed by atoms with Gasteiger partial charge in [-0.15, -0.1) is 0 Å². The fourth-order valence-corrected chi connectivity index (χ4v) is 3.64. The van der Waals surface area contributed by atoms with E-state index >= 15 is 0 Å². The predicted molar refractivity (Wildman–Crippen MR) is 119 cm³/mol. The van der Waals surface area contributed by atoms with Crippen molar-refractivity contribution in [2.75, 3.05) is 11.9 Å². The molecule has 0 aliphatic carbocycles. The van der Waals surface area contributed by atoms with Crippen LogP contribution in [0.15, 0.2) is 47.4 Å². The number of hydrogen-bond donors (Lipinski definition) is 3. The number of rotatable bonds is 8. The Bertz CT molecular complexity index is 1110.